The second-order valence-electron chi connectivity index (χ2n) is 9.00. The van der Waals surface area contributed by atoms with E-state index in [1.807, 2.05) is 4.68 Å². The van der Waals surface area contributed by atoms with Gasteiger partial charge in [0.1, 0.15) is 0 Å². The summed E-state index contributed by atoms with van der Waals surface area (Å²) in [6.45, 7) is 9.17. The SMILES string of the molecule is Cc1ccc(-n2c(=O)c3c(n2C)C2(C)CCC3C2(C)C)c2ccccc12. The summed E-state index contributed by atoms with van der Waals surface area (Å²) in [7, 11) is 2.07. The first kappa shape index (κ1) is 15.9. The predicted octanol–water partition coefficient (Wildman–Crippen LogP) is 4.81. The Hall–Kier alpha value is -2.29. The van der Waals surface area contributed by atoms with E-state index in [2.05, 4.69) is 75.8 Å². The maximum Gasteiger partial charge on any atom is 0.275 e. The molecule has 26 heavy (non-hydrogen) atoms. The number of rotatable bonds is 1. The Labute approximate surface area is 154 Å². The minimum Gasteiger partial charge on any atom is -0.284 e. The molecule has 0 radical (unpaired) electrons. The zero-order valence-electron chi connectivity index (χ0n) is 16.3. The van der Waals surface area contributed by atoms with E-state index in [-0.39, 0.29) is 16.4 Å². The number of fused-ring (bicyclic) bond motifs is 6. The second-order valence-corrected chi connectivity index (χ2v) is 9.00. The highest BCUT2D eigenvalue weighted by Crippen LogP contribution is 2.66. The molecule has 2 aliphatic carbocycles. The molecule has 2 unspecified atom stereocenters. The summed E-state index contributed by atoms with van der Waals surface area (Å²) in [4.78, 5) is 13.6. The molecule has 134 valence electrons. The number of hydrogen-bond donors (Lipinski definition) is 0. The normalized spacial score (nSPS) is 25.8. The minimum atomic E-state index is 0.0761. The molecule has 5 rings (SSSR count). The van der Waals surface area contributed by atoms with Crippen molar-refractivity contribution in [3.8, 4) is 5.69 Å². The molecule has 0 aliphatic heterocycles. The molecular weight excluding hydrogens is 320 g/mol. The monoisotopic (exact) mass is 346 g/mol. The van der Waals surface area contributed by atoms with Gasteiger partial charge in [0.15, 0.2) is 0 Å². The van der Waals surface area contributed by atoms with Gasteiger partial charge in [-0.05, 0) is 48.1 Å². The lowest BCUT2D eigenvalue weighted by Crippen LogP contribution is -2.35. The summed E-state index contributed by atoms with van der Waals surface area (Å²) in [5.41, 5.74) is 4.97. The number of nitrogens with zero attached hydrogens (tertiary/aromatic N) is 2. The Bertz CT molecular complexity index is 1130. The molecule has 2 bridgehead atoms. The summed E-state index contributed by atoms with van der Waals surface area (Å²) in [5.74, 6) is 0.374. The minimum absolute atomic E-state index is 0.0761. The van der Waals surface area contributed by atoms with E-state index in [9.17, 15) is 4.79 Å². The van der Waals surface area contributed by atoms with Crippen LogP contribution in [0, 0.1) is 12.3 Å². The molecule has 3 nitrogen and oxygen atoms in total. The Morgan fingerprint density at radius 3 is 2.42 bits per heavy atom. The van der Waals surface area contributed by atoms with Crippen molar-refractivity contribution in [1.82, 2.24) is 9.36 Å². The molecule has 0 N–H and O–H groups in total. The van der Waals surface area contributed by atoms with Crippen molar-refractivity contribution in [3.05, 3.63) is 63.6 Å². The molecule has 3 aromatic rings. The van der Waals surface area contributed by atoms with Gasteiger partial charge in [-0.25, -0.2) is 4.68 Å². The maximum absolute atomic E-state index is 13.6. The molecule has 0 saturated heterocycles. The third-order valence-electron chi connectivity index (χ3n) is 7.75. The van der Waals surface area contributed by atoms with Gasteiger partial charge in [-0.15, -0.1) is 0 Å². The second kappa shape index (κ2) is 4.70. The van der Waals surface area contributed by atoms with Crippen molar-refractivity contribution in [2.24, 2.45) is 12.5 Å². The van der Waals surface area contributed by atoms with Gasteiger partial charge in [-0.2, -0.15) is 0 Å². The van der Waals surface area contributed by atoms with E-state index in [4.69, 9.17) is 0 Å². The third-order valence-corrected chi connectivity index (χ3v) is 7.75. The fourth-order valence-electron chi connectivity index (χ4n) is 5.91. The van der Waals surface area contributed by atoms with Crippen molar-refractivity contribution < 1.29 is 0 Å². The summed E-state index contributed by atoms with van der Waals surface area (Å²) in [6, 6.07) is 12.6. The van der Waals surface area contributed by atoms with Crippen molar-refractivity contribution in [1.29, 1.82) is 0 Å². The Kier molecular flexibility index (Phi) is 2.88. The summed E-state index contributed by atoms with van der Waals surface area (Å²) in [5, 5.41) is 2.36. The van der Waals surface area contributed by atoms with E-state index in [1.165, 1.54) is 23.1 Å². The van der Waals surface area contributed by atoms with Crippen molar-refractivity contribution in [2.45, 2.75) is 51.9 Å². The Morgan fingerprint density at radius 2 is 1.73 bits per heavy atom. The molecular formula is C23H26N2O. The van der Waals surface area contributed by atoms with Gasteiger partial charge < -0.3 is 0 Å². The summed E-state index contributed by atoms with van der Waals surface area (Å²) < 4.78 is 4.06. The van der Waals surface area contributed by atoms with E-state index in [0.717, 1.165) is 23.1 Å². The first-order valence-electron chi connectivity index (χ1n) is 9.60. The van der Waals surface area contributed by atoms with Gasteiger partial charge in [0.25, 0.3) is 5.56 Å². The lowest BCUT2D eigenvalue weighted by Gasteiger charge is -2.36. The van der Waals surface area contributed by atoms with Crippen LogP contribution >= 0.6 is 0 Å². The van der Waals surface area contributed by atoms with Crippen molar-refractivity contribution >= 4 is 10.8 Å². The van der Waals surface area contributed by atoms with Gasteiger partial charge in [0.05, 0.1) is 11.4 Å². The van der Waals surface area contributed by atoms with Gasteiger partial charge in [0.2, 0.25) is 0 Å². The number of hydrogen-bond acceptors (Lipinski definition) is 1. The van der Waals surface area contributed by atoms with E-state index < -0.39 is 0 Å². The lowest BCUT2D eigenvalue weighted by molar-refractivity contribution is 0.218. The van der Waals surface area contributed by atoms with Crippen molar-refractivity contribution in [2.75, 3.05) is 0 Å². The molecule has 2 aliphatic rings. The highest BCUT2D eigenvalue weighted by atomic mass is 16.1. The van der Waals surface area contributed by atoms with E-state index >= 15 is 0 Å². The average Bonchev–Trinajstić information content (AvgIpc) is 3.08. The molecule has 1 saturated carbocycles. The summed E-state index contributed by atoms with van der Waals surface area (Å²) >= 11 is 0. The van der Waals surface area contributed by atoms with Crippen LogP contribution in [0.4, 0.5) is 0 Å². The average molecular weight is 346 g/mol. The van der Waals surface area contributed by atoms with Gasteiger partial charge in [-0.3, -0.25) is 9.48 Å². The van der Waals surface area contributed by atoms with E-state index in [0.29, 0.717) is 5.92 Å². The van der Waals surface area contributed by atoms with Gasteiger partial charge in [0, 0.05) is 23.4 Å². The molecule has 1 aromatic heterocycles. The first-order valence-corrected chi connectivity index (χ1v) is 9.60. The van der Waals surface area contributed by atoms with Crippen LogP contribution in [-0.4, -0.2) is 9.36 Å². The largest absolute Gasteiger partial charge is 0.284 e. The van der Waals surface area contributed by atoms with Crippen LogP contribution in [-0.2, 0) is 12.5 Å². The standard InChI is InChI=1S/C23H26N2O/c1-14-10-11-18(16-9-7-6-8-15(14)16)25-21(26)19-17-12-13-23(4,22(17,2)3)20(19)24(25)5/h6-11,17H,12-13H2,1-5H3. The van der Waals surface area contributed by atoms with Crippen LogP contribution in [0.2, 0.25) is 0 Å². The van der Waals surface area contributed by atoms with Gasteiger partial charge >= 0.3 is 0 Å². The fourth-order valence-corrected chi connectivity index (χ4v) is 5.91. The molecule has 1 heterocycles. The predicted molar refractivity (Wildman–Crippen MR) is 106 cm³/mol. The number of aromatic nitrogens is 2. The summed E-state index contributed by atoms with van der Waals surface area (Å²) in [6.07, 6.45) is 2.30. The number of aryl methyl sites for hydroxylation is 1. The zero-order chi connectivity index (χ0) is 18.4. The Morgan fingerprint density at radius 1 is 1.04 bits per heavy atom. The third kappa shape index (κ3) is 1.58. The zero-order valence-corrected chi connectivity index (χ0v) is 16.3. The Balaban J connectivity index is 1.86. The van der Waals surface area contributed by atoms with E-state index in [1.54, 1.807) is 0 Å². The molecule has 1 fully saturated rings. The fraction of sp³-hybridized carbons (Fsp3) is 0.435. The van der Waals surface area contributed by atoms with Crippen LogP contribution < -0.4 is 5.56 Å². The van der Waals surface area contributed by atoms with Gasteiger partial charge in [-0.1, -0.05) is 51.1 Å². The topological polar surface area (TPSA) is 26.9 Å². The van der Waals surface area contributed by atoms with Crippen LogP contribution in [0.15, 0.2) is 41.2 Å². The molecule has 0 amide bonds. The molecule has 2 aromatic carbocycles. The van der Waals surface area contributed by atoms with Crippen molar-refractivity contribution in [3.63, 3.8) is 0 Å². The van der Waals surface area contributed by atoms with Crippen LogP contribution in [0.25, 0.3) is 16.5 Å². The number of benzene rings is 2. The molecule has 0 spiro atoms. The highest BCUT2D eigenvalue weighted by molar-refractivity contribution is 5.92. The van der Waals surface area contributed by atoms with Crippen LogP contribution in [0.5, 0.6) is 0 Å². The highest BCUT2D eigenvalue weighted by Gasteiger charge is 2.62. The molecule has 2 atom stereocenters. The lowest BCUT2D eigenvalue weighted by atomic mass is 9.70. The quantitative estimate of drug-likeness (QED) is 0.621. The van der Waals surface area contributed by atoms with Crippen LogP contribution in [0.1, 0.15) is 56.4 Å². The van der Waals surface area contributed by atoms with Crippen LogP contribution in [0.3, 0.4) is 0 Å². The first-order chi connectivity index (χ1) is 12.3. The maximum atomic E-state index is 13.6. The smallest absolute Gasteiger partial charge is 0.275 e. The molecule has 3 heteroatoms.